The summed E-state index contributed by atoms with van der Waals surface area (Å²) in [6.45, 7) is 6.37. The number of aryl methyl sites for hydroxylation is 3. The number of fused-ring (bicyclic) bond motifs is 1. The molecule has 5 heteroatoms. The summed E-state index contributed by atoms with van der Waals surface area (Å²) in [5.74, 6) is 1.48. The van der Waals surface area contributed by atoms with E-state index in [0.29, 0.717) is 18.1 Å². The van der Waals surface area contributed by atoms with E-state index in [0.717, 1.165) is 39.0 Å². The van der Waals surface area contributed by atoms with Crippen LogP contribution in [0.5, 0.6) is 5.75 Å². The van der Waals surface area contributed by atoms with Crippen LogP contribution in [0.25, 0.3) is 11.0 Å². The number of hydrogen-bond acceptors (Lipinski definition) is 4. The summed E-state index contributed by atoms with van der Waals surface area (Å²) < 4.78 is 11.3. The standard InChI is InChI=1S/C25H24N2O3/c1-16-13-17(2)23-18(3)24(30-21(23)14-16)25(28)27(22-7-5-6-12-26-22)15-19-8-10-20(29-4)11-9-19/h5-14H,15H2,1-4H3. The van der Waals surface area contributed by atoms with Crippen molar-refractivity contribution >= 4 is 22.7 Å². The van der Waals surface area contributed by atoms with Gasteiger partial charge in [-0.05, 0) is 67.8 Å². The van der Waals surface area contributed by atoms with Crippen LogP contribution in [0.2, 0.25) is 0 Å². The minimum Gasteiger partial charge on any atom is -0.497 e. The van der Waals surface area contributed by atoms with E-state index in [1.54, 1.807) is 18.2 Å². The van der Waals surface area contributed by atoms with Gasteiger partial charge in [0.15, 0.2) is 5.76 Å². The number of carbonyl (C=O) groups is 1. The van der Waals surface area contributed by atoms with Crippen molar-refractivity contribution in [3.63, 3.8) is 0 Å². The van der Waals surface area contributed by atoms with Gasteiger partial charge in [-0.25, -0.2) is 4.98 Å². The minimum absolute atomic E-state index is 0.213. The molecular weight excluding hydrogens is 376 g/mol. The first-order valence-electron chi connectivity index (χ1n) is 9.84. The molecule has 0 saturated heterocycles. The molecule has 4 rings (SSSR count). The first kappa shape index (κ1) is 19.7. The van der Waals surface area contributed by atoms with Gasteiger partial charge in [0, 0.05) is 17.1 Å². The number of amides is 1. The van der Waals surface area contributed by atoms with E-state index in [4.69, 9.17) is 9.15 Å². The summed E-state index contributed by atoms with van der Waals surface area (Å²) >= 11 is 0. The average molecular weight is 400 g/mol. The molecule has 0 atom stereocenters. The number of pyridine rings is 1. The zero-order valence-corrected chi connectivity index (χ0v) is 17.6. The van der Waals surface area contributed by atoms with Gasteiger partial charge in [0.05, 0.1) is 13.7 Å². The Labute approximate surface area is 175 Å². The van der Waals surface area contributed by atoms with Gasteiger partial charge in [-0.1, -0.05) is 24.3 Å². The van der Waals surface area contributed by atoms with Crippen molar-refractivity contribution in [2.24, 2.45) is 0 Å². The van der Waals surface area contributed by atoms with Crippen LogP contribution in [0, 0.1) is 20.8 Å². The number of ether oxygens (including phenoxy) is 1. The number of methoxy groups -OCH3 is 1. The smallest absolute Gasteiger partial charge is 0.295 e. The Hall–Kier alpha value is -3.60. The fourth-order valence-electron chi connectivity index (χ4n) is 3.80. The Bertz CT molecular complexity index is 1190. The van der Waals surface area contributed by atoms with Gasteiger partial charge in [-0.2, -0.15) is 0 Å². The van der Waals surface area contributed by atoms with Gasteiger partial charge in [0.2, 0.25) is 0 Å². The minimum atomic E-state index is -0.213. The lowest BCUT2D eigenvalue weighted by Crippen LogP contribution is -2.31. The number of anilines is 1. The summed E-state index contributed by atoms with van der Waals surface area (Å²) in [5.41, 5.74) is 4.76. The topological polar surface area (TPSA) is 55.6 Å². The molecule has 0 bridgehead atoms. The molecule has 2 aromatic heterocycles. The second kappa shape index (κ2) is 8.03. The van der Waals surface area contributed by atoms with Gasteiger partial charge in [0.1, 0.15) is 17.2 Å². The summed E-state index contributed by atoms with van der Waals surface area (Å²) in [7, 11) is 1.63. The van der Waals surface area contributed by atoms with Crippen molar-refractivity contribution in [2.45, 2.75) is 27.3 Å². The predicted molar refractivity (Wildman–Crippen MR) is 118 cm³/mol. The first-order chi connectivity index (χ1) is 14.5. The molecule has 0 unspecified atom stereocenters. The highest BCUT2D eigenvalue weighted by molar-refractivity contribution is 6.07. The maximum Gasteiger partial charge on any atom is 0.295 e. The van der Waals surface area contributed by atoms with Gasteiger partial charge >= 0.3 is 0 Å². The van der Waals surface area contributed by atoms with E-state index < -0.39 is 0 Å². The van der Waals surface area contributed by atoms with E-state index in [2.05, 4.69) is 11.1 Å². The highest BCUT2D eigenvalue weighted by Crippen LogP contribution is 2.31. The van der Waals surface area contributed by atoms with Gasteiger partial charge in [-0.3, -0.25) is 9.69 Å². The molecule has 0 N–H and O–H groups in total. The molecule has 0 aliphatic carbocycles. The Kier molecular flexibility index (Phi) is 5.27. The molecule has 2 heterocycles. The van der Waals surface area contributed by atoms with Crippen LogP contribution in [0.3, 0.4) is 0 Å². The van der Waals surface area contributed by atoms with Crippen LogP contribution in [0.4, 0.5) is 5.82 Å². The molecule has 30 heavy (non-hydrogen) atoms. The van der Waals surface area contributed by atoms with Gasteiger partial charge in [0.25, 0.3) is 5.91 Å². The highest BCUT2D eigenvalue weighted by atomic mass is 16.5. The fourth-order valence-corrected chi connectivity index (χ4v) is 3.80. The SMILES string of the molecule is COc1ccc(CN(C(=O)c2oc3cc(C)cc(C)c3c2C)c2ccccn2)cc1. The molecule has 0 radical (unpaired) electrons. The van der Waals surface area contributed by atoms with Gasteiger partial charge in [-0.15, -0.1) is 0 Å². The maximum absolute atomic E-state index is 13.6. The summed E-state index contributed by atoms with van der Waals surface area (Å²) in [4.78, 5) is 19.7. The third kappa shape index (κ3) is 3.66. The molecule has 0 aliphatic rings. The van der Waals surface area contributed by atoms with E-state index >= 15 is 0 Å². The summed E-state index contributed by atoms with van der Waals surface area (Å²) in [6.07, 6.45) is 1.68. The van der Waals surface area contributed by atoms with Crippen molar-refractivity contribution < 1.29 is 13.9 Å². The second-order valence-electron chi connectivity index (χ2n) is 7.44. The quantitative estimate of drug-likeness (QED) is 0.437. The van der Waals surface area contributed by atoms with E-state index in [1.165, 1.54) is 0 Å². The van der Waals surface area contributed by atoms with E-state index in [9.17, 15) is 4.79 Å². The van der Waals surface area contributed by atoms with Crippen LogP contribution in [0.1, 0.15) is 32.8 Å². The Morgan fingerprint density at radius 2 is 1.83 bits per heavy atom. The Morgan fingerprint density at radius 3 is 2.50 bits per heavy atom. The number of furan rings is 1. The maximum atomic E-state index is 13.6. The van der Waals surface area contributed by atoms with Crippen molar-refractivity contribution in [3.05, 3.63) is 88.8 Å². The van der Waals surface area contributed by atoms with Crippen molar-refractivity contribution in [1.29, 1.82) is 0 Å². The van der Waals surface area contributed by atoms with Crippen molar-refractivity contribution in [2.75, 3.05) is 12.0 Å². The molecule has 0 fully saturated rings. The van der Waals surface area contributed by atoms with Gasteiger partial charge < -0.3 is 9.15 Å². The predicted octanol–water partition coefficient (Wildman–Crippen LogP) is 5.61. The lowest BCUT2D eigenvalue weighted by Gasteiger charge is -2.21. The number of carbonyl (C=O) groups excluding carboxylic acids is 1. The average Bonchev–Trinajstić information content (AvgIpc) is 3.09. The molecule has 0 saturated carbocycles. The largest absolute Gasteiger partial charge is 0.497 e. The number of nitrogens with zero attached hydrogens (tertiary/aromatic N) is 2. The highest BCUT2D eigenvalue weighted by Gasteiger charge is 2.26. The number of benzene rings is 2. The number of rotatable bonds is 5. The molecule has 1 amide bonds. The Balaban J connectivity index is 1.77. The van der Waals surface area contributed by atoms with Crippen LogP contribution >= 0.6 is 0 Å². The normalized spacial score (nSPS) is 10.9. The van der Waals surface area contributed by atoms with Crippen LogP contribution in [-0.4, -0.2) is 18.0 Å². The molecular formula is C25H24N2O3. The fraction of sp³-hybridized carbons (Fsp3) is 0.200. The Morgan fingerprint density at radius 1 is 1.07 bits per heavy atom. The lowest BCUT2D eigenvalue weighted by atomic mass is 10.0. The van der Waals surface area contributed by atoms with Crippen LogP contribution in [-0.2, 0) is 6.54 Å². The third-order valence-corrected chi connectivity index (χ3v) is 5.24. The van der Waals surface area contributed by atoms with Crippen LogP contribution < -0.4 is 9.64 Å². The monoisotopic (exact) mass is 400 g/mol. The molecule has 0 spiro atoms. The summed E-state index contributed by atoms with van der Waals surface area (Å²) in [5, 5.41) is 0.995. The number of aromatic nitrogens is 1. The molecule has 5 nitrogen and oxygen atoms in total. The zero-order chi connectivity index (χ0) is 21.3. The zero-order valence-electron chi connectivity index (χ0n) is 17.6. The third-order valence-electron chi connectivity index (χ3n) is 5.24. The molecule has 0 aliphatic heterocycles. The van der Waals surface area contributed by atoms with Crippen molar-refractivity contribution in [3.8, 4) is 5.75 Å². The lowest BCUT2D eigenvalue weighted by molar-refractivity contribution is 0.0959. The van der Waals surface area contributed by atoms with Crippen molar-refractivity contribution in [1.82, 2.24) is 4.98 Å². The molecule has 2 aromatic carbocycles. The summed E-state index contributed by atoms with van der Waals surface area (Å²) in [6, 6.07) is 17.3. The first-order valence-corrected chi connectivity index (χ1v) is 9.84. The second-order valence-corrected chi connectivity index (χ2v) is 7.44. The molecule has 152 valence electrons. The van der Waals surface area contributed by atoms with Crippen LogP contribution in [0.15, 0.2) is 65.2 Å². The molecule has 4 aromatic rings. The van der Waals surface area contributed by atoms with E-state index in [-0.39, 0.29) is 5.91 Å². The van der Waals surface area contributed by atoms with E-state index in [1.807, 2.05) is 69.3 Å². The number of hydrogen-bond donors (Lipinski definition) is 0.